The van der Waals surface area contributed by atoms with Crippen LogP contribution in [0.5, 0.6) is 0 Å². The Hall–Kier alpha value is -3.81. The lowest BCUT2D eigenvalue weighted by molar-refractivity contribution is 0.0746. The minimum atomic E-state index is -0.288. The average Bonchev–Trinajstić information content (AvgIpc) is 3.32. The summed E-state index contributed by atoms with van der Waals surface area (Å²) in [6.45, 7) is 11.1. The molecule has 5 rings (SSSR count). The topological polar surface area (TPSA) is 67.2 Å². The van der Waals surface area contributed by atoms with Crippen molar-refractivity contribution < 1.29 is 9.18 Å². The van der Waals surface area contributed by atoms with Crippen molar-refractivity contribution in [2.45, 2.75) is 65.7 Å². The summed E-state index contributed by atoms with van der Waals surface area (Å²) in [6.07, 6.45) is 5.39. The third-order valence-electron chi connectivity index (χ3n) is 7.82. The average molecular weight is 543 g/mol. The number of unbranched alkanes of at least 4 members (excludes halogenated alkanes) is 1. The van der Waals surface area contributed by atoms with E-state index in [2.05, 4.69) is 37.8 Å². The van der Waals surface area contributed by atoms with Crippen molar-refractivity contribution in [1.29, 1.82) is 0 Å². The van der Waals surface area contributed by atoms with E-state index in [1.54, 1.807) is 16.8 Å². The van der Waals surface area contributed by atoms with Crippen molar-refractivity contribution in [1.82, 2.24) is 24.6 Å². The summed E-state index contributed by atoms with van der Waals surface area (Å²) in [5.41, 5.74) is 4.33. The molecule has 0 spiro atoms. The fourth-order valence-electron chi connectivity index (χ4n) is 5.45. The number of rotatable bonds is 9. The number of aromatic nitrogens is 4. The standard InChI is InChI=1S/C32H39FN6O/c1-5-7-9-24-10-12-25(13-11-24)32(40)38-20-18-37(19-21-38)30-28-23(4)36-39(27-16-14-26(33)15-17-27)31(28)35-29(34-30)22(3)8-6-2/h10-17,22H,5-9,18-21H2,1-4H3/t22-/m1/s1. The fraction of sp³-hybridized carbons (Fsp3) is 0.438. The highest BCUT2D eigenvalue weighted by atomic mass is 19.1. The third kappa shape index (κ3) is 5.71. The first-order valence-electron chi connectivity index (χ1n) is 14.6. The summed E-state index contributed by atoms with van der Waals surface area (Å²) in [5, 5.41) is 5.70. The number of benzene rings is 2. The number of piperazine rings is 1. The zero-order chi connectivity index (χ0) is 28.2. The van der Waals surface area contributed by atoms with Gasteiger partial charge in [0.1, 0.15) is 17.5 Å². The highest BCUT2D eigenvalue weighted by molar-refractivity contribution is 5.95. The molecule has 1 saturated heterocycles. The second kappa shape index (κ2) is 12.1. The molecule has 0 unspecified atom stereocenters. The molecule has 3 heterocycles. The monoisotopic (exact) mass is 542 g/mol. The van der Waals surface area contributed by atoms with E-state index in [9.17, 15) is 9.18 Å². The molecule has 2 aromatic heterocycles. The highest BCUT2D eigenvalue weighted by Gasteiger charge is 2.27. The summed E-state index contributed by atoms with van der Waals surface area (Å²) in [7, 11) is 0. The van der Waals surface area contributed by atoms with E-state index in [-0.39, 0.29) is 17.6 Å². The van der Waals surface area contributed by atoms with Gasteiger partial charge in [-0.3, -0.25) is 4.79 Å². The van der Waals surface area contributed by atoms with Crippen LogP contribution in [-0.4, -0.2) is 56.7 Å². The number of aryl methyl sites for hydroxylation is 2. The summed E-state index contributed by atoms with van der Waals surface area (Å²) < 4.78 is 15.4. The van der Waals surface area contributed by atoms with E-state index in [0.29, 0.717) is 26.2 Å². The normalized spacial score (nSPS) is 14.6. The van der Waals surface area contributed by atoms with Gasteiger partial charge in [0.2, 0.25) is 0 Å². The SMILES string of the molecule is CCCCc1ccc(C(=O)N2CCN(c3nc([C@H](C)CCC)nc4c3c(C)nn4-c3ccc(F)cc3)CC2)cc1. The number of nitrogens with zero attached hydrogens (tertiary/aromatic N) is 6. The summed E-state index contributed by atoms with van der Waals surface area (Å²) in [4.78, 5) is 27.5. The molecule has 8 heteroatoms. The van der Waals surface area contributed by atoms with Gasteiger partial charge in [0, 0.05) is 37.7 Å². The van der Waals surface area contributed by atoms with E-state index < -0.39 is 0 Å². The Balaban J connectivity index is 1.42. The molecule has 4 aromatic rings. The molecule has 1 fully saturated rings. The molecule has 7 nitrogen and oxygen atoms in total. The molecule has 40 heavy (non-hydrogen) atoms. The molecular formula is C32H39FN6O. The van der Waals surface area contributed by atoms with Gasteiger partial charge in [0.05, 0.1) is 16.8 Å². The van der Waals surface area contributed by atoms with Crippen LogP contribution in [-0.2, 0) is 6.42 Å². The number of fused-ring (bicyclic) bond motifs is 1. The Labute approximate surface area is 236 Å². The summed E-state index contributed by atoms with van der Waals surface area (Å²) in [5.74, 6) is 1.63. The van der Waals surface area contributed by atoms with Gasteiger partial charge in [-0.15, -0.1) is 0 Å². The van der Waals surface area contributed by atoms with Crippen LogP contribution in [0.3, 0.4) is 0 Å². The van der Waals surface area contributed by atoms with Crippen LogP contribution >= 0.6 is 0 Å². The number of carbonyl (C=O) groups excluding carboxylic acids is 1. The van der Waals surface area contributed by atoms with Crippen molar-refractivity contribution in [3.8, 4) is 5.69 Å². The van der Waals surface area contributed by atoms with E-state index in [1.165, 1.54) is 17.7 Å². The quantitative estimate of drug-likeness (QED) is 0.242. The molecule has 0 saturated carbocycles. The van der Waals surface area contributed by atoms with Crippen LogP contribution < -0.4 is 4.90 Å². The second-order valence-electron chi connectivity index (χ2n) is 10.8. The highest BCUT2D eigenvalue weighted by Crippen LogP contribution is 2.32. The van der Waals surface area contributed by atoms with E-state index in [4.69, 9.17) is 15.1 Å². The maximum atomic E-state index is 13.7. The number of carbonyl (C=O) groups is 1. The fourth-order valence-corrected chi connectivity index (χ4v) is 5.45. The van der Waals surface area contributed by atoms with Gasteiger partial charge in [0.25, 0.3) is 5.91 Å². The Morgan fingerprint density at radius 1 is 0.950 bits per heavy atom. The molecule has 1 amide bonds. The molecule has 1 atom stereocenters. The largest absolute Gasteiger partial charge is 0.352 e. The van der Waals surface area contributed by atoms with Crippen molar-refractivity contribution in [3.05, 3.63) is 77.0 Å². The predicted octanol–water partition coefficient (Wildman–Crippen LogP) is 6.47. The Bertz CT molecular complexity index is 1460. The van der Waals surface area contributed by atoms with Gasteiger partial charge < -0.3 is 9.80 Å². The van der Waals surface area contributed by atoms with Crippen molar-refractivity contribution >= 4 is 22.8 Å². The van der Waals surface area contributed by atoms with Crippen LogP contribution in [0.4, 0.5) is 10.2 Å². The van der Waals surface area contributed by atoms with E-state index >= 15 is 0 Å². The molecule has 0 bridgehead atoms. The summed E-state index contributed by atoms with van der Waals surface area (Å²) >= 11 is 0. The maximum absolute atomic E-state index is 13.7. The molecule has 2 aromatic carbocycles. The second-order valence-corrected chi connectivity index (χ2v) is 10.8. The van der Waals surface area contributed by atoms with Crippen molar-refractivity contribution in [2.24, 2.45) is 0 Å². The van der Waals surface area contributed by atoms with Gasteiger partial charge >= 0.3 is 0 Å². The van der Waals surface area contributed by atoms with Gasteiger partial charge in [0.15, 0.2) is 5.65 Å². The number of anilines is 1. The number of amides is 1. The lowest BCUT2D eigenvalue weighted by Crippen LogP contribution is -2.49. The van der Waals surface area contributed by atoms with Crippen LogP contribution in [0.2, 0.25) is 0 Å². The van der Waals surface area contributed by atoms with Crippen LogP contribution in [0.1, 0.15) is 79.8 Å². The number of halogens is 1. The molecule has 210 valence electrons. The van der Waals surface area contributed by atoms with Crippen molar-refractivity contribution in [2.75, 3.05) is 31.1 Å². The van der Waals surface area contributed by atoms with Gasteiger partial charge in [-0.2, -0.15) is 5.10 Å². The number of hydrogen-bond acceptors (Lipinski definition) is 5. The minimum Gasteiger partial charge on any atom is -0.352 e. The van der Waals surface area contributed by atoms with Gasteiger partial charge in [-0.1, -0.05) is 45.7 Å². The minimum absolute atomic E-state index is 0.0760. The molecule has 0 N–H and O–H groups in total. The van der Waals surface area contributed by atoms with Crippen LogP contribution in [0.25, 0.3) is 16.7 Å². The zero-order valence-corrected chi connectivity index (χ0v) is 24.0. The molecule has 0 aliphatic carbocycles. The zero-order valence-electron chi connectivity index (χ0n) is 24.0. The van der Waals surface area contributed by atoms with Gasteiger partial charge in [-0.05, 0) is 68.1 Å². The van der Waals surface area contributed by atoms with E-state index in [1.807, 2.05) is 24.0 Å². The Morgan fingerprint density at radius 2 is 1.65 bits per heavy atom. The first-order chi connectivity index (χ1) is 19.4. The third-order valence-corrected chi connectivity index (χ3v) is 7.82. The molecule has 1 aliphatic rings. The van der Waals surface area contributed by atoms with Crippen molar-refractivity contribution in [3.63, 3.8) is 0 Å². The van der Waals surface area contributed by atoms with E-state index in [0.717, 1.165) is 71.7 Å². The summed E-state index contributed by atoms with van der Waals surface area (Å²) in [6, 6.07) is 14.4. The predicted molar refractivity (Wildman–Crippen MR) is 158 cm³/mol. The first kappa shape index (κ1) is 27.7. The maximum Gasteiger partial charge on any atom is 0.253 e. The molecular weight excluding hydrogens is 503 g/mol. The Kier molecular flexibility index (Phi) is 8.43. The Morgan fingerprint density at radius 3 is 2.30 bits per heavy atom. The lowest BCUT2D eigenvalue weighted by atomic mass is 10.1. The van der Waals surface area contributed by atoms with Gasteiger partial charge in [-0.25, -0.2) is 19.0 Å². The van der Waals surface area contributed by atoms with Crippen LogP contribution in [0.15, 0.2) is 48.5 Å². The molecule has 0 radical (unpaired) electrons. The number of hydrogen-bond donors (Lipinski definition) is 0. The molecule has 1 aliphatic heterocycles. The lowest BCUT2D eigenvalue weighted by Gasteiger charge is -2.36. The van der Waals surface area contributed by atoms with Crippen LogP contribution in [0, 0.1) is 12.7 Å². The smallest absolute Gasteiger partial charge is 0.253 e. The first-order valence-corrected chi connectivity index (χ1v) is 14.6.